The van der Waals surface area contributed by atoms with Crippen molar-refractivity contribution in [2.45, 2.75) is 130 Å². The van der Waals surface area contributed by atoms with Crippen LogP contribution in [-0.4, -0.2) is 50.1 Å². The third kappa shape index (κ3) is 3.01. The van der Waals surface area contributed by atoms with E-state index in [0.29, 0.717) is 18.3 Å². The summed E-state index contributed by atoms with van der Waals surface area (Å²) in [6, 6.07) is 0. The number of fused-ring (bicyclic) bond motifs is 7. The predicted molar refractivity (Wildman–Crippen MR) is 141 cm³/mol. The molecule has 4 aliphatic carbocycles. The standard InChI is InChI=1S/C31H52O5/c1-17(2)18(3)16-23-30(9,34)24-19-10-11-21-27(6)14-13-22(32)26(4,5)20(27)12-15-28(21,7)29(19,8)25(33)31(24,35)36-23/h17,19-25,32-35H,3,10-16H2,1-2,4-9H3/t19-,20?,21+,22?,23?,24-,25+,27-,28+,29+,30-,31+/m0/s1. The molecule has 0 aromatic heterocycles. The molecule has 5 nitrogen and oxygen atoms in total. The van der Waals surface area contributed by atoms with Crippen molar-refractivity contribution in [2.24, 2.45) is 51.2 Å². The first kappa shape index (κ1) is 27.1. The Balaban J connectivity index is 1.53. The molecule has 5 fully saturated rings. The molecule has 0 bridgehead atoms. The highest BCUT2D eigenvalue weighted by Gasteiger charge is 2.81. The van der Waals surface area contributed by atoms with Gasteiger partial charge in [-0.15, -0.1) is 0 Å². The van der Waals surface area contributed by atoms with Crippen LogP contribution in [0.5, 0.6) is 0 Å². The lowest BCUT2D eigenvalue weighted by molar-refractivity contribution is -0.284. The topological polar surface area (TPSA) is 90.2 Å². The van der Waals surface area contributed by atoms with E-state index >= 15 is 0 Å². The van der Waals surface area contributed by atoms with Crippen LogP contribution in [-0.2, 0) is 4.74 Å². The lowest BCUT2D eigenvalue weighted by atomic mass is 9.35. The Kier molecular flexibility index (Phi) is 5.88. The van der Waals surface area contributed by atoms with Crippen LogP contribution < -0.4 is 0 Å². The summed E-state index contributed by atoms with van der Waals surface area (Å²) in [5, 5.41) is 47.0. The third-order valence-corrected chi connectivity index (χ3v) is 13.5. The minimum atomic E-state index is -1.76. The van der Waals surface area contributed by atoms with Gasteiger partial charge in [0.2, 0.25) is 0 Å². The van der Waals surface area contributed by atoms with Crippen molar-refractivity contribution in [3.8, 4) is 0 Å². The van der Waals surface area contributed by atoms with Gasteiger partial charge in [0.25, 0.3) is 0 Å². The van der Waals surface area contributed by atoms with Crippen LogP contribution in [0.25, 0.3) is 0 Å². The highest BCUT2D eigenvalue weighted by molar-refractivity contribution is 5.27. The largest absolute Gasteiger partial charge is 0.393 e. The molecule has 0 radical (unpaired) electrons. The fourth-order valence-electron chi connectivity index (χ4n) is 11.1. The molecular weight excluding hydrogens is 452 g/mol. The van der Waals surface area contributed by atoms with Gasteiger partial charge >= 0.3 is 0 Å². The average Bonchev–Trinajstić information content (AvgIpc) is 3.08. The first-order valence-electron chi connectivity index (χ1n) is 14.6. The zero-order valence-corrected chi connectivity index (χ0v) is 24.0. The predicted octanol–water partition coefficient (Wildman–Crippen LogP) is 5.05. The molecule has 4 N–H and O–H groups in total. The van der Waals surface area contributed by atoms with Gasteiger partial charge in [-0.3, -0.25) is 0 Å². The maximum absolute atomic E-state index is 12.1. The van der Waals surface area contributed by atoms with Gasteiger partial charge < -0.3 is 25.2 Å². The monoisotopic (exact) mass is 504 g/mol. The van der Waals surface area contributed by atoms with Gasteiger partial charge in [0.1, 0.15) is 6.10 Å². The van der Waals surface area contributed by atoms with E-state index in [1.165, 1.54) is 0 Å². The van der Waals surface area contributed by atoms with Crippen LogP contribution in [0.15, 0.2) is 12.2 Å². The number of aliphatic hydroxyl groups excluding tert-OH is 2. The molecule has 0 aromatic carbocycles. The molecule has 5 rings (SSSR count). The molecule has 12 atom stereocenters. The summed E-state index contributed by atoms with van der Waals surface area (Å²) in [7, 11) is 0. The fraction of sp³-hybridized carbons (Fsp3) is 0.935. The van der Waals surface area contributed by atoms with Crippen molar-refractivity contribution >= 4 is 0 Å². The zero-order valence-electron chi connectivity index (χ0n) is 24.0. The molecule has 3 unspecified atom stereocenters. The van der Waals surface area contributed by atoms with E-state index in [9.17, 15) is 20.4 Å². The van der Waals surface area contributed by atoms with Crippen LogP contribution in [0, 0.1) is 51.2 Å². The lowest BCUT2D eigenvalue weighted by Crippen LogP contribution is -2.66. The summed E-state index contributed by atoms with van der Waals surface area (Å²) in [6.07, 6.45) is 4.23. The number of aliphatic hydroxyl groups is 4. The molecule has 5 aliphatic rings. The molecule has 4 saturated carbocycles. The molecule has 5 heteroatoms. The molecule has 1 heterocycles. The fourth-order valence-corrected chi connectivity index (χ4v) is 11.1. The van der Waals surface area contributed by atoms with Crippen molar-refractivity contribution in [1.82, 2.24) is 0 Å². The minimum absolute atomic E-state index is 0.0339. The van der Waals surface area contributed by atoms with Crippen LogP contribution in [0.4, 0.5) is 0 Å². The second-order valence-electron chi connectivity index (χ2n) is 15.4. The summed E-state index contributed by atoms with van der Waals surface area (Å²) in [4.78, 5) is 0. The number of ether oxygens (including phenoxy) is 1. The molecule has 1 saturated heterocycles. The van der Waals surface area contributed by atoms with Crippen molar-refractivity contribution in [3.63, 3.8) is 0 Å². The molecule has 0 spiro atoms. The van der Waals surface area contributed by atoms with Crippen molar-refractivity contribution in [2.75, 3.05) is 0 Å². The van der Waals surface area contributed by atoms with Gasteiger partial charge in [0.05, 0.1) is 23.7 Å². The van der Waals surface area contributed by atoms with Crippen molar-refractivity contribution in [3.05, 3.63) is 12.2 Å². The van der Waals surface area contributed by atoms with Crippen LogP contribution in [0.3, 0.4) is 0 Å². The minimum Gasteiger partial charge on any atom is -0.393 e. The van der Waals surface area contributed by atoms with Crippen LogP contribution in [0.1, 0.15) is 100 Å². The van der Waals surface area contributed by atoms with E-state index in [-0.39, 0.29) is 34.2 Å². The van der Waals surface area contributed by atoms with E-state index < -0.39 is 34.9 Å². The quantitative estimate of drug-likeness (QED) is 0.404. The number of hydrogen-bond acceptors (Lipinski definition) is 5. The van der Waals surface area contributed by atoms with Gasteiger partial charge in [-0.05, 0) is 91.8 Å². The van der Waals surface area contributed by atoms with Gasteiger partial charge in [0.15, 0.2) is 5.79 Å². The van der Waals surface area contributed by atoms with Crippen molar-refractivity contribution in [1.29, 1.82) is 0 Å². The first-order valence-corrected chi connectivity index (χ1v) is 14.6. The Morgan fingerprint density at radius 3 is 2.17 bits per heavy atom. The second-order valence-corrected chi connectivity index (χ2v) is 15.4. The summed E-state index contributed by atoms with van der Waals surface area (Å²) < 4.78 is 6.34. The van der Waals surface area contributed by atoms with Gasteiger partial charge in [-0.1, -0.05) is 60.6 Å². The van der Waals surface area contributed by atoms with Crippen molar-refractivity contribution < 1.29 is 25.2 Å². The molecule has 1 aliphatic heterocycles. The maximum atomic E-state index is 12.1. The second kappa shape index (κ2) is 7.81. The zero-order chi connectivity index (χ0) is 26.9. The summed E-state index contributed by atoms with van der Waals surface area (Å²) in [6.45, 7) is 21.6. The Labute approximate surface area is 218 Å². The van der Waals surface area contributed by atoms with E-state index in [1.54, 1.807) is 0 Å². The van der Waals surface area contributed by atoms with E-state index in [1.807, 2.05) is 6.92 Å². The van der Waals surface area contributed by atoms with E-state index in [2.05, 4.69) is 55.0 Å². The Hall–Kier alpha value is -0.460. The van der Waals surface area contributed by atoms with Gasteiger partial charge in [-0.25, -0.2) is 0 Å². The van der Waals surface area contributed by atoms with Crippen LogP contribution in [0.2, 0.25) is 0 Å². The molecule has 0 aromatic rings. The van der Waals surface area contributed by atoms with Gasteiger partial charge in [-0.2, -0.15) is 0 Å². The van der Waals surface area contributed by atoms with E-state index in [0.717, 1.165) is 44.1 Å². The highest BCUT2D eigenvalue weighted by atomic mass is 16.7. The van der Waals surface area contributed by atoms with Gasteiger partial charge in [0, 0.05) is 5.41 Å². The summed E-state index contributed by atoms with van der Waals surface area (Å²) >= 11 is 0. The Morgan fingerprint density at radius 2 is 1.56 bits per heavy atom. The molecule has 36 heavy (non-hydrogen) atoms. The summed E-state index contributed by atoms with van der Waals surface area (Å²) in [5.74, 6) is -1.26. The SMILES string of the molecule is C=C(CC1O[C@]2(O)[C@@H]([C@@H]3CC[C@@H]4[C@@]5(C)CCC(O)C(C)(C)C5CC[C@@]4(C)[C@@]3(C)[C@H]2O)[C@@]1(C)O)C(C)C. The average molecular weight is 505 g/mol. The normalized spacial score (nSPS) is 57.6. The third-order valence-electron chi connectivity index (χ3n) is 13.5. The lowest BCUT2D eigenvalue weighted by Gasteiger charge is -2.70. The maximum Gasteiger partial charge on any atom is 0.198 e. The van der Waals surface area contributed by atoms with Crippen LogP contribution >= 0.6 is 0 Å². The first-order chi connectivity index (χ1) is 16.4. The highest BCUT2D eigenvalue weighted by Crippen LogP contribution is 2.78. The Bertz CT molecular complexity index is 926. The Morgan fingerprint density at radius 1 is 0.917 bits per heavy atom. The molecule has 0 amide bonds. The number of rotatable bonds is 3. The number of hydrogen-bond donors (Lipinski definition) is 4. The molecular formula is C31H52O5. The molecule has 206 valence electrons. The smallest absolute Gasteiger partial charge is 0.198 e. The summed E-state index contributed by atoms with van der Waals surface area (Å²) in [5.41, 5.74) is -1.09. The van der Waals surface area contributed by atoms with E-state index in [4.69, 9.17) is 4.74 Å².